The number of amides is 1. The number of thioether (sulfide) groups is 1. The minimum absolute atomic E-state index is 0.0536. The van der Waals surface area contributed by atoms with E-state index in [1.54, 1.807) is 0 Å². The number of hydrogen-bond donors (Lipinski definition) is 0. The second kappa shape index (κ2) is 5.47. The third-order valence-electron chi connectivity index (χ3n) is 2.94. The van der Waals surface area contributed by atoms with E-state index in [1.165, 1.54) is 25.6 Å². The number of hydrogen-bond acceptors (Lipinski definition) is 2. The van der Waals surface area contributed by atoms with Gasteiger partial charge in [-0.3, -0.25) is 4.79 Å². The average Bonchev–Trinajstić information content (AvgIpc) is 2.40. The SMILES string of the molecule is CC(C)(F)C1SC(C)(C)N(CCCCBr)C1=O. The first-order valence-electron chi connectivity index (χ1n) is 5.94. The molecule has 0 spiro atoms. The summed E-state index contributed by atoms with van der Waals surface area (Å²) in [6.07, 6.45) is 1.99. The second-order valence-corrected chi connectivity index (χ2v) is 7.89. The Morgan fingerprint density at radius 3 is 2.47 bits per heavy atom. The van der Waals surface area contributed by atoms with Crippen molar-refractivity contribution in [2.24, 2.45) is 0 Å². The highest BCUT2D eigenvalue weighted by atomic mass is 79.9. The van der Waals surface area contributed by atoms with Crippen molar-refractivity contribution in [3.63, 3.8) is 0 Å². The van der Waals surface area contributed by atoms with Gasteiger partial charge in [-0.25, -0.2) is 4.39 Å². The van der Waals surface area contributed by atoms with Crippen molar-refractivity contribution in [3.8, 4) is 0 Å². The summed E-state index contributed by atoms with van der Waals surface area (Å²) in [7, 11) is 0. The monoisotopic (exact) mass is 325 g/mol. The molecule has 0 radical (unpaired) electrons. The molecule has 1 aliphatic heterocycles. The molecule has 17 heavy (non-hydrogen) atoms. The van der Waals surface area contributed by atoms with E-state index in [1.807, 2.05) is 18.7 Å². The van der Waals surface area contributed by atoms with E-state index in [4.69, 9.17) is 0 Å². The average molecular weight is 326 g/mol. The Hall–Kier alpha value is 0.230. The highest BCUT2D eigenvalue weighted by molar-refractivity contribution is 9.09. The summed E-state index contributed by atoms with van der Waals surface area (Å²) in [6.45, 7) is 7.68. The maximum absolute atomic E-state index is 14.0. The zero-order valence-electron chi connectivity index (χ0n) is 10.9. The molecular weight excluding hydrogens is 305 g/mol. The van der Waals surface area contributed by atoms with E-state index in [-0.39, 0.29) is 10.8 Å². The van der Waals surface area contributed by atoms with Gasteiger partial charge in [0.2, 0.25) is 5.91 Å². The van der Waals surface area contributed by atoms with Gasteiger partial charge in [-0.2, -0.15) is 0 Å². The van der Waals surface area contributed by atoms with E-state index >= 15 is 0 Å². The molecule has 0 bridgehead atoms. The second-order valence-electron chi connectivity index (χ2n) is 5.40. The van der Waals surface area contributed by atoms with Gasteiger partial charge in [0, 0.05) is 11.9 Å². The number of rotatable bonds is 5. The van der Waals surface area contributed by atoms with Crippen LogP contribution in [0.25, 0.3) is 0 Å². The van der Waals surface area contributed by atoms with Crippen molar-refractivity contribution in [1.82, 2.24) is 4.90 Å². The minimum Gasteiger partial charge on any atom is -0.327 e. The van der Waals surface area contributed by atoms with Crippen LogP contribution in [0.3, 0.4) is 0 Å². The van der Waals surface area contributed by atoms with Crippen molar-refractivity contribution >= 4 is 33.6 Å². The molecular formula is C12H21BrFNOS. The van der Waals surface area contributed by atoms with Crippen LogP contribution >= 0.6 is 27.7 Å². The standard InChI is InChI=1S/C12H21BrFNOS/c1-11(2,14)9-10(16)15(8-6-5-7-13)12(3,4)17-9/h9H,5-8H2,1-4H3. The summed E-state index contributed by atoms with van der Waals surface area (Å²) in [5, 5.41) is 0.377. The van der Waals surface area contributed by atoms with Gasteiger partial charge < -0.3 is 4.90 Å². The van der Waals surface area contributed by atoms with Gasteiger partial charge in [0.05, 0.1) is 4.87 Å². The molecule has 1 rings (SSSR count). The fourth-order valence-electron chi connectivity index (χ4n) is 1.99. The maximum Gasteiger partial charge on any atom is 0.240 e. The molecule has 1 saturated heterocycles. The van der Waals surface area contributed by atoms with Crippen LogP contribution in [0.4, 0.5) is 4.39 Å². The van der Waals surface area contributed by atoms with Crippen molar-refractivity contribution in [2.45, 2.75) is 56.3 Å². The number of carbonyl (C=O) groups is 1. The fourth-order valence-corrected chi connectivity index (χ4v) is 3.78. The van der Waals surface area contributed by atoms with Crippen LogP contribution in [0, 0.1) is 0 Å². The Morgan fingerprint density at radius 2 is 2.06 bits per heavy atom. The normalized spacial score (nSPS) is 24.5. The number of alkyl halides is 2. The molecule has 1 amide bonds. The lowest BCUT2D eigenvalue weighted by atomic mass is 10.1. The number of unbranched alkanes of at least 4 members (excludes halogenated alkanes) is 1. The zero-order valence-corrected chi connectivity index (χ0v) is 13.3. The van der Waals surface area contributed by atoms with Crippen molar-refractivity contribution in [1.29, 1.82) is 0 Å². The van der Waals surface area contributed by atoms with Crippen LogP contribution < -0.4 is 0 Å². The molecule has 1 atom stereocenters. The van der Waals surface area contributed by atoms with Crippen LogP contribution in [-0.2, 0) is 4.79 Å². The largest absolute Gasteiger partial charge is 0.327 e. The van der Waals surface area contributed by atoms with Crippen LogP contribution in [0.15, 0.2) is 0 Å². The Bertz CT molecular complexity index is 291. The van der Waals surface area contributed by atoms with Crippen LogP contribution in [0.2, 0.25) is 0 Å². The van der Waals surface area contributed by atoms with Gasteiger partial charge >= 0.3 is 0 Å². The minimum atomic E-state index is -1.46. The van der Waals surface area contributed by atoms with Gasteiger partial charge in [0.15, 0.2) is 0 Å². The molecule has 1 heterocycles. The van der Waals surface area contributed by atoms with Gasteiger partial charge in [-0.15, -0.1) is 11.8 Å². The topological polar surface area (TPSA) is 20.3 Å². The van der Waals surface area contributed by atoms with Crippen molar-refractivity contribution < 1.29 is 9.18 Å². The van der Waals surface area contributed by atoms with E-state index in [2.05, 4.69) is 15.9 Å². The Balaban J connectivity index is 2.73. The zero-order chi connectivity index (χ0) is 13.3. The van der Waals surface area contributed by atoms with Gasteiger partial charge in [0.25, 0.3) is 0 Å². The summed E-state index contributed by atoms with van der Waals surface area (Å²) in [5.74, 6) is -0.0536. The summed E-state index contributed by atoms with van der Waals surface area (Å²) in [5.41, 5.74) is -1.46. The lowest BCUT2D eigenvalue weighted by molar-refractivity contribution is -0.133. The van der Waals surface area contributed by atoms with E-state index < -0.39 is 10.9 Å². The molecule has 1 aliphatic rings. The van der Waals surface area contributed by atoms with Crippen LogP contribution in [0.5, 0.6) is 0 Å². The van der Waals surface area contributed by atoms with Crippen LogP contribution in [0.1, 0.15) is 40.5 Å². The first-order chi connectivity index (χ1) is 7.70. The first-order valence-corrected chi connectivity index (χ1v) is 7.94. The van der Waals surface area contributed by atoms with Crippen molar-refractivity contribution in [3.05, 3.63) is 0 Å². The molecule has 1 unspecified atom stereocenters. The smallest absolute Gasteiger partial charge is 0.240 e. The molecule has 0 saturated carbocycles. The Morgan fingerprint density at radius 1 is 1.47 bits per heavy atom. The number of nitrogens with zero attached hydrogens (tertiary/aromatic N) is 1. The molecule has 2 nitrogen and oxygen atoms in total. The maximum atomic E-state index is 14.0. The molecule has 0 aromatic heterocycles. The quantitative estimate of drug-likeness (QED) is 0.568. The third-order valence-corrected chi connectivity index (χ3v) is 5.29. The lowest BCUT2D eigenvalue weighted by Gasteiger charge is -2.30. The highest BCUT2D eigenvalue weighted by Gasteiger charge is 2.51. The van der Waals surface area contributed by atoms with E-state index in [9.17, 15) is 9.18 Å². The highest BCUT2D eigenvalue weighted by Crippen LogP contribution is 2.45. The molecule has 0 N–H and O–H groups in total. The van der Waals surface area contributed by atoms with E-state index in [0.29, 0.717) is 0 Å². The van der Waals surface area contributed by atoms with Gasteiger partial charge in [0.1, 0.15) is 10.9 Å². The van der Waals surface area contributed by atoms with Crippen LogP contribution in [-0.4, -0.2) is 38.5 Å². The molecule has 5 heteroatoms. The number of halogens is 2. The summed E-state index contributed by atoms with van der Waals surface area (Å²) >= 11 is 4.82. The lowest BCUT2D eigenvalue weighted by Crippen LogP contribution is -2.43. The first kappa shape index (κ1) is 15.3. The van der Waals surface area contributed by atoms with Gasteiger partial charge in [-0.05, 0) is 40.5 Å². The molecule has 0 aromatic carbocycles. The van der Waals surface area contributed by atoms with Gasteiger partial charge in [-0.1, -0.05) is 15.9 Å². The molecule has 1 fully saturated rings. The Labute approximate surface area is 116 Å². The molecule has 100 valence electrons. The fraction of sp³-hybridized carbons (Fsp3) is 0.917. The summed E-state index contributed by atoms with van der Waals surface area (Å²) in [6, 6.07) is 0. The predicted octanol–water partition coefficient (Wildman–Crippen LogP) is 3.59. The predicted molar refractivity (Wildman–Crippen MR) is 75.4 cm³/mol. The van der Waals surface area contributed by atoms with E-state index in [0.717, 1.165) is 24.7 Å². The Kier molecular flexibility index (Phi) is 4.92. The summed E-state index contributed by atoms with van der Waals surface area (Å²) in [4.78, 5) is 13.7. The van der Waals surface area contributed by atoms with Crippen molar-refractivity contribution in [2.75, 3.05) is 11.9 Å². The summed E-state index contributed by atoms with van der Waals surface area (Å²) < 4.78 is 14.0. The molecule has 0 aliphatic carbocycles. The third kappa shape index (κ3) is 3.60. The molecule has 0 aromatic rings. The number of carbonyl (C=O) groups excluding carboxylic acids is 1.